The molecule has 1 unspecified atom stereocenters. The topological polar surface area (TPSA) is 83.5 Å². The quantitative estimate of drug-likeness (QED) is 0.806. The predicted molar refractivity (Wildman–Crippen MR) is 75.8 cm³/mol. The summed E-state index contributed by atoms with van der Waals surface area (Å²) in [6.07, 6.45) is -0.101. The molecule has 0 aliphatic carbocycles. The maximum Gasteiger partial charge on any atom is 0.303 e. The van der Waals surface area contributed by atoms with Gasteiger partial charge in [0.2, 0.25) is 10.0 Å². The molecular weight excluding hydrogens is 358 g/mol. The number of carbonyl (C=O) groups is 1. The van der Waals surface area contributed by atoms with Crippen LogP contribution >= 0.6 is 27.5 Å². The van der Waals surface area contributed by atoms with Crippen LogP contribution in [0.4, 0.5) is 0 Å². The summed E-state index contributed by atoms with van der Waals surface area (Å²) in [6.45, 7) is 1.70. The maximum absolute atomic E-state index is 12.0. The van der Waals surface area contributed by atoms with Crippen molar-refractivity contribution in [2.75, 3.05) is 6.54 Å². The smallest absolute Gasteiger partial charge is 0.303 e. The largest absolute Gasteiger partial charge is 0.481 e. The van der Waals surface area contributed by atoms with Gasteiger partial charge in [-0.1, -0.05) is 34.5 Å². The van der Waals surface area contributed by atoms with Crippen molar-refractivity contribution in [2.45, 2.75) is 18.2 Å². The van der Waals surface area contributed by atoms with E-state index < -0.39 is 16.0 Å². The van der Waals surface area contributed by atoms with Gasteiger partial charge in [-0.25, -0.2) is 13.1 Å². The van der Waals surface area contributed by atoms with Gasteiger partial charge in [0.05, 0.1) is 5.02 Å². The number of hydrogen-bond acceptors (Lipinski definition) is 3. The highest BCUT2D eigenvalue weighted by molar-refractivity contribution is 9.10. The second-order valence-electron chi connectivity index (χ2n) is 4.13. The van der Waals surface area contributed by atoms with E-state index in [-0.39, 0.29) is 28.8 Å². The Labute approximate surface area is 125 Å². The van der Waals surface area contributed by atoms with Crippen molar-refractivity contribution in [3.8, 4) is 0 Å². The summed E-state index contributed by atoms with van der Waals surface area (Å²) in [5.74, 6) is -1.27. The van der Waals surface area contributed by atoms with E-state index in [1.165, 1.54) is 12.1 Å². The summed E-state index contributed by atoms with van der Waals surface area (Å²) in [7, 11) is -3.73. The van der Waals surface area contributed by atoms with Crippen molar-refractivity contribution in [1.29, 1.82) is 0 Å². The summed E-state index contributed by atoms with van der Waals surface area (Å²) < 4.78 is 27.0. The standard InChI is InChI=1S/C11H13BrClNO4S/c1-7(4-11(15)16)6-14-19(17,18)10-3-2-8(12)5-9(10)13/h2-3,5,7,14H,4,6H2,1H3,(H,15,16). The molecule has 2 N–H and O–H groups in total. The van der Waals surface area contributed by atoms with Gasteiger partial charge >= 0.3 is 5.97 Å². The lowest BCUT2D eigenvalue weighted by Crippen LogP contribution is -2.29. The molecule has 0 heterocycles. The lowest BCUT2D eigenvalue weighted by Gasteiger charge is -2.12. The van der Waals surface area contributed by atoms with E-state index >= 15 is 0 Å². The first-order valence-corrected chi connectivity index (χ1v) is 8.04. The van der Waals surface area contributed by atoms with Crippen LogP contribution in [0.15, 0.2) is 27.6 Å². The first-order chi connectivity index (χ1) is 8.72. The minimum atomic E-state index is -3.73. The summed E-state index contributed by atoms with van der Waals surface area (Å²) in [5, 5.41) is 8.71. The number of hydrogen-bond donors (Lipinski definition) is 2. The molecule has 19 heavy (non-hydrogen) atoms. The van der Waals surface area contributed by atoms with Crippen LogP contribution in [0.3, 0.4) is 0 Å². The van der Waals surface area contributed by atoms with Gasteiger partial charge in [-0.2, -0.15) is 0 Å². The first-order valence-electron chi connectivity index (χ1n) is 5.39. The van der Waals surface area contributed by atoms with Gasteiger partial charge in [0, 0.05) is 17.4 Å². The zero-order chi connectivity index (χ0) is 14.6. The van der Waals surface area contributed by atoms with Gasteiger partial charge in [-0.3, -0.25) is 4.79 Å². The van der Waals surface area contributed by atoms with E-state index in [9.17, 15) is 13.2 Å². The monoisotopic (exact) mass is 369 g/mol. The SMILES string of the molecule is CC(CNS(=O)(=O)c1ccc(Br)cc1Cl)CC(=O)O. The van der Waals surface area contributed by atoms with Gasteiger partial charge in [0.15, 0.2) is 0 Å². The Bertz CT molecular complexity index is 576. The van der Waals surface area contributed by atoms with Crippen LogP contribution < -0.4 is 4.72 Å². The number of aliphatic carboxylic acids is 1. The van der Waals surface area contributed by atoms with Crippen LogP contribution in [0.1, 0.15) is 13.3 Å². The van der Waals surface area contributed by atoms with Crippen LogP contribution in [-0.2, 0) is 14.8 Å². The average Bonchev–Trinajstić information content (AvgIpc) is 2.25. The number of carboxylic acids is 1. The predicted octanol–water partition coefficient (Wildman–Crippen LogP) is 2.49. The lowest BCUT2D eigenvalue weighted by atomic mass is 10.1. The van der Waals surface area contributed by atoms with Crippen molar-refractivity contribution in [3.05, 3.63) is 27.7 Å². The number of sulfonamides is 1. The molecule has 0 aliphatic rings. The fraction of sp³-hybridized carbons (Fsp3) is 0.364. The zero-order valence-corrected chi connectivity index (χ0v) is 13.2. The number of nitrogens with one attached hydrogen (secondary N) is 1. The number of carboxylic acid groups (broad SMARTS) is 1. The summed E-state index contributed by atoms with van der Waals surface area (Å²) >= 11 is 9.06. The van der Waals surface area contributed by atoms with E-state index in [2.05, 4.69) is 20.7 Å². The summed E-state index contributed by atoms with van der Waals surface area (Å²) in [5.41, 5.74) is 0. The molecule has 0 bridgehead atoms. The highest BCUT2D eigenvalue weighted by Crippen LogP contribution is 2.25. The molecule has 0 fully saturated rings. The molecule has 5 nitrogen and oxygen atoms in total. The third-order valence-electron chi connectivity index (χ3n) is 2.33. The molecule has 0 radical (unpaired) electrons. The molecule has 0 aromatic heterocycles. The average molecular weight is 371 g/mol. The van der Waals surface area contributed by atoms with Crippen LogP contribution in [0.2, 0.25) is 5.02 Å². The van der Waals surface area contributed by atoms with Gasteiger partial charge in [0.25, 0.3) is 0 Å². The van der Waals surface area contributed by atoms with Gasteiger partial charge in [0.1, 0.15) is 4.90 Å². The molecule has 1 atom stereocenters. The molecule has 0 amide bonds. The second-order valence-corrected chi connectivity index (χ2v) is 7.19. The highest BCUT2D eigenvalue weighted by atomic mass is 79.9. The molecule has 0 saturated heterocycles. The fourth-order valence-electron chi connectivity index (χ4n) is 1.39. The third-order valence-corrected chi connectivity index (χ3v) is 4.73. The highest BCUT2D eigenvalue weighted by Gasteiger charge is 2.19. The third kappa shape index (κ3) is 5.10. The molecule has 1 aromatic rings. The van der Waals surface area contributed by atoms with Crippen molar-refractivity contribution in [1.82, 2.24) is 4.72 Å². The van der Waals surface area contributed by atoms with Gasteiger partial charge in [-0.05, 0) is 24.1 Å². The molecule has 1 rings (SSSR count). The van der Waals surface area contributed by atoms with Crippen LogP contribution in [0.25, 0.3) is 0 Å². The number of benzene rings is 1. The molecule has 0 saturated carbocycles. The minimum Gasteiger partial charge on any atom is -0.481 e. The molecule has 0 aliphatic heterocycles. The van der Waals surface area contributed by atoms with Crippen LogP contribution in [0, 0.1) is 5.92 Å². The Morgan fingerprint density at radius 1 is 1.53 bits per heavy atom. The van der Waals surface area contributed by atoms with Crippen molar-refractivity contribution >= 4 is 43.5 Å². The van der Waals surface area contributed by atoms with E-state index in [0.29, 0.717) is 4.47 Å². The fourth-order valence-corrected chi connectivity index (χ4v) is 3.59. The van der Waals surface area contributed by atoms with Gasteiger partial charge < -0.3 is 5.11 Å². The van der Waals surface area contributed by atoms with Gasteiger partial charge in [-0.15, -0.1) is 0 Å². The van der Waals surface area contributed by atoms with E-state index in [1.54, 1.807) is 13.0 Å². The van der Waals surface area contributed by atoms with Crippen LogP contribution in [0.5, 0.6) is 0 Å². The molecule has 8 heteroatoms. The minimum absolute atomic E-state index is 0.0279. The summed E-state index contributed by atoms with van der Waals surface area (Å²) in [4.78, 5) is 10.5. The summed E-state index contributed by atoms with van der Waals surface area (Å²) in [6, 6.07) is 4.44. The zero-order valence-electron chi connectivity index (χ0n) is 10.1. The molecule has 1 aromatic carbocycles. The van der Waals surface area contributed by atoms with Crippen LogP contribution in [-0.4, -0.2) is 26.0 Å². The maximum atomic E-state index is 12.0. The number of halogens is 2. The van der Waals surface area contributed by atoms with Crippen molar-refractivity contribution in [3.63, 3.8) is 0 Å². The van der Waals surface area contributed by atoms with Crippen molar-refractivity contribution < 1.29 is 18.3 Å². The Kier molecular flexibility index (Phi) is 5.79. The first kappa shape index (κ1) is 16.4. The molecular formula is C11H13BrClNO4S. The Balaban J connectivity index is 2.79. The van der Waals surface area contributed by atoms with E-state index in [4.69, 9.17) is 16.7 Å². The van der Waals surface area contributed by atoms with E-state index in [1.807, 2.05) is 0 Å². The van der Waals surface area contributed by atoms with E-state index in [0.717, 1.165) is 0 Å². The Morgan fingerprint density at radius 2 is 2.16 bits per heavy atom. The normalized spacial score (nSPS) is 13.2. The lowest BCUT2D eigenvalue weighted by molar-refractivity contribution is -0.137. The number of rotatable bonds is 6. The van der Waals surface area contributed by atoms with Crippen molar-refractivity contribution in [2.24, 2.45) is 5.92 Å². The Morgan fingerprint density at radius 3 is 2.68 bits per heavy atom. The second kappa shape index (κ2) is 6.69. The molecule has 106 valence electrons. The molecule has 0 spiro atoms. The Hall–Kier alpha value is -0.630.